The number of hydrogen-bond acceptors (Lipinski definition) is 2. The normalized spacial score (nSPS) is 11.4. The average Bonchev–Trinajstić information content (AvgIpc) is 2.95. The van der Waals surface area contributed by atoms with E-state index < -0.39 is 0 Å². The molecule has 1 N–H and O–H groups in total. The minimum Gasteiger partial charge on any atom is -0.344 e. The Kier molecular flexibility index (Phi) is 4.43. The fourth-order valence-corrected chi connectivity index (χ4v) is 2.14. The first kappa shape index (κ1) is 13.9. The van der Waals surface area contributed by atoms with Crippen molar-refractivity contribution >= 4 is 0 Å². The van der Waals surface area contributed by atoms with Gasteiger partial charge in [-0.15, -0.1) is 0 Å². The molecule has 4 heteroatoms. The molecule has 104 valence electrons. The number of nitrogens with one attached hydrogen (secondary N) is 1. The number of nitrogens with zero attached hydrogens (tertiary/aromatic N) is 3. The third-order valence-electron chi connectivity index (χ3n) is 3.34. The zero-order chi connectivity index (χ0) is 13.8. The lowest BCUT2D eigenvalue weighted by atomic mass is 10.3. The molecule has 0 saturated heterocycles. The molecule has 19 heavy (non-hydrogen) atoms. The molecule has 0 aromatic carbocycles. The fourth-order valence-electron chi connectivity index (χ4n) is 2.14. The third kappa shape index (κ3) is 3.47. The minimum atomic E-state index is 0.506. The molecule has 0 radical (unpaired) electrons. The van der Waals surface area contributed by atoms with Crippen LogP contribution in [0, 0.1) is 0 Å². The molecule has 2 aromatic heterocycles. The van der Waals surface area contributed by atoms with Crippen LogP contribution < -0.4 is 5.32 Å². The van der Waals surface area contributed by atoms with Gasteiger partial charge in [0.05, 0.1) is 17.9 Å². The largest absolute Gasteiger partial charge is 0.344 e. The lowest BCUT2D eigenvalue weighted by molar-refractivity contribution is 0.558. The summed E-state index contributed by atoms with van der Waals surface area (Å²) in [6, 6.07) is 6.98. The summed E-state index contributed by atoms with van der Waals surface area (Å²) in [5, 5.41) is 7.96. The first-order chi connectivity index (χ1) is 9.10. The molecule has 2 heterocycles. The maximum atomic E-state index is 4.50. The van der Waals surface area contributed by atoms with Gasteiger partial charge in [0.15, 0.2) is 0 Å². The van der Waals surface area contributed by atoms with Gasteiger partial charge in [0, 0.05) is 31.5 Å². The maximum Gasteiger partial charge on any atom is 0.0642 e. The lowest BCUT2D eigenvalue weighted by Gasteiger charge is -2.12. The van der Waals surface area contributed by atoms with Gasteiger partial charge in [-0.25, -0.2) is 0 Å². The highest BCUT2D eigenvalue weighted by Gasteiger charge is 2.07. The van der Waals surface area contributed by atoms with Crippen LogP contribution in [0.2, 0.25) is 0 Å². The van der Waals surface area contributed by atoms with E-state index in [0.717, 1.165) is 25.2 Å². The van der Waals surface area contributed by atoms with Crippen LogP contribution in [-0.4, -0.2) is 20.4 Å². The monoisotopic (exact) mass is 260 g/mol. The second kappa shape index (κ2) is 6.06. The predicted molar refractivity (Wildman–Crippen MR) is 78.1 cm³/mol. The fraction of sp³-hybridized carbons (Fsp3) is 0.533. The first-order valence-electron chi connectivity index (χ1n) is 6.99. The van der Waals surface area contributed by atoms with Crippen molar-refractivity contribution in [1.29, 1.82) is 0 Å². The van der Waals surface area contributed by atoms with Crippen molar-refractivity contribution in [2.45, 2.75) is 46.3 Å². The summed E-state index contributed by atoms with van der Waals surface area (Å²) in [6.07, 6.45) is 3.12. The number of aromatic nitrogens is 3. The van der Waals surface area contributed by atoms with Crippen LogP contribution in [-0.2, 0) is 26.6 Å². The van der Waals surface area contributed by atoms with E-state index in [1.165, 1.54) is 11.4 Å². The summed E-state index contributed by atoms with van der Waals surface area (Å²) in [5.74, 6) is 0. The van der Waals surface area contributed by atoms with E-state index in [9.17, 15) is 0 Å². The smallest absolute Gasteiger partial charge is 0.0642 e. The maximum absolute atomic E-state index is 4.50. The van der Waals surface area contributed by atoms with Crippen LogP contribution in [0.5, 0.6) is 0 Å². The van der Waals surface area contributed by atoms with Crippen molar-refractivity contribution in [3.63, 3.8) is 0 Å². The van der Waals surface area contributed by atoms with Crippen LogP contribution in [0.15, 0.2) is 24.4 Å². The Hall–Kier alpha value is -1.55. The number of aryl methyl sites for hydroxylation is 2. The molecular formula is C15H24N4. The SMILES string of the molecule is CCc1cc(Cn2cccc2CNC(C)C)n(C)n1. The van der Waals surface area contributed by atoms with Crippen LogP contribution in [0.4, 0.5) is 0 Å². The third-order valence-corrected chi connectivity index (χ3v) is 3.34. The summed E-state index contributed by atoms with van der Waals surface area (Å²) in [4.78, 5) is 0. The van der Waals surface area contributed by atoms with Crippen molar-refractivity contribution in [2.75, 3.05) is 0 Å². The van der Waals surface area contributed by atoms with E-state index in [2.05, 4.69) is 60.1 Å². The molecule has 0 fully saturated rings. The van der Waals surface area contributed by atoms with Crippen LogP contribution >= 0.6 is 0 Å². The standard InChI is InChI=1S/C15H24N4/c1-5-13-9-15(18(4)17-13)11-19-8-6-7-14(19)10-16-12(2)3/h6-9,12,16H,5,10-11H2,1-4H3. The molecule has 0 spiro atoms. The Morgan fingerprint density at radius 3 is 2.74 bits per heavy atom. The molecule has 0 aliphatic rings. The molecule has 4 nitrogen and oxygen atoms in total. The summed E-state index contributed by atoms with van der Waals surface area (Å²) >= 11 is 0. The van der Waals surface area contributed by atoms with Crippen LogP contribution in [0.3, 0.4) is 0 Å². The quantitative estimate of drug-likeness (QED) is 0.865. The van der Waals surface area contributed by atoms with Crippen molar-refractivity contribution in [1.82, 2.24) is 19.7 Å². The first-order valence-corrected chi connectivity index (χ1v) is 6.99. The second-order valence-electron chi connectivity index (χ2n) is 5.27. The Labute approximate surface area is 115 Å². The Bertz CT molecular complexity index is 522. The molecular weight excluding hydrogens is 236 g/mol. The van der Waals surface area contributed by atoms with Gasteiger partial charge in [-0.05, 0) is 24.6 Å². The Balaban J connectivity index is 2.10. The highest BCUT2D eigenvalue weighted by atomic mass is 15.3. The highest BCUT2D eigenvalue weighted by molar-refractivity contribution is 5.14. The minimum absolute atomic E-state index is 0.506. The molecule has 2 aromatic rings. The van der Waals surface area contributed by atoms with E-state index in [1.54, 1.807) is 0 Å². The predicted octanol–water partition coefficient (Wildman–Crippen LogP) is 2.33. The van der Waals surface area contributed by atoms with Crippen LogP contribution in [0.1, 0.15) is 37.9 Å². The van der Waals surface area contributed by atoms with Crippen molar-refractivity contribution in [3.8, 4) is 0 Å². The molecule has 0 bridgehead atoms. The van der Waals surface area contributed by atoms with Crippen molar-refractivity contribution < 1.29 is 0 Å². The molecule has 0 aliphatic carbocycles. The van der Waals surface area contributed by atoms with E-state index in [-0.39, 0.29) is 0 Å². The van der Waals surface area contributed by atoms with E-state index >= 15 is 0 Å². The topological polar surface area (TPSA) is 34.8 Å². The molecule has 0 saturated carbocycles. The van der Waals surface area contributed by atoms with E-state index in [4.69, 9.17) is 0 Å². The Morgan fingerprint density at radius 1 is 1.32 bits per heavy atom. The molecule has 0 aliphatic heterocycles. The van der Waals surface area contributed by atoms with Gasteiger partial charge < -0.3 is 9.88 Å². The lowest BCUT2D eigenvalue weighted by Crippen LogP contribution is -2.23. The van der Waals surface area contributed by atoms with Gasteiger partial charge in [0.2, 0.25) is 0 Å². The average molecular weight is 260 g/mol. The highest BCUT2D eigenvalue weighted by Crippen LogP contribution is 2.10. The van der Waals surface area contributed by atoms with E-state index in [1.807, 2.05) is 11.7 Å². The summed E-state index contributed by atoms with van der Waals surface area (Å²) in [6.45, 7) is 8.26. The van der Waals surface area contributed by atoms with Gasteiger partial charge in [-0.3, -0.25) is 4.68 Å². The zero-order valence-electron chi connectivity index (χ0n) is 12.3. The van der Waals surface area contributed by atoms with Crippen molar-refractivity contribution in [3.05, 3.63) is 41.5 Å². The second-order valence-corrected chi connectivity index (χ2v) is 5.27. The molecule has 0 amide bonds. The molecule has 2 rings (SSSR count). The summed E-state index contributed by atoms with van der Waals surface area (Å²) < 4.78 is 4.27. The van der Waals surface area contributed by atoms with Gasteiger partial charge in [0.25, 0.3) is 0 Å². The summed E-state index contributed by atoms with van der Waals surface area (Å²) in [7, 11) is 2.02. The van der Waals surface area contributed by atoms with Gasteiger partial charge in [-0.1, -0.05) is 20.8 Å². The zero-order valence-corrected chi connectivity index (χ0v) is 12.3. The summed E-state index contributed by atoms with van der Waals surface area (Å²) in [5.41, 5.74) is 3.72. The Morgan fingerprint density at radius 2 is 2.11 bits per heavy atom. The van der Waals surface area contributed by atoms with Gasteiger partial charge in [-0.2, -0.15) is 5.10 Å². The van der Waals surface area contributed by atoms with Crippen molar-refractivity contribution in [2.24, 2.45) is 7.05 Å². The molecule has 0 unspecified atom stereocenters. The van der Waals surface area contributed by atoms with Crippen LogP contribution in [0.25, 0.3) is 0 Å². The molecule has 0 atom stereocenters. The number of hydrogen-bond donors (Lipinski definition) is 1. The van der Waals surface area contributed by atoms with E-state index in [0.29, 0.717) is 6.04 Å². The van der Waals surface area contributed by atoms with Gasteiger partial charge >= 0.3 is 0 Å². The number of rotatable bonds is 6. The van der Waals surface area contributed by atoms with Gasteiger partial charge in [0.1, 0.15) is 0 Å².